The molecule has 0 aliphatic heterocycles. The second kappa shape index (κ2) is 4.29. The summed E-state index contributed by atoms with van der Waals surface area (Å²) in [7, 11) is 0. The molecule has 0 fully saturated rings. The highest BCUT2D eigenvalue weighted by molar-refractivity contribution is 5.41. The zero-order chi connectivity index (χ0) is 11.7. The molecule has 0 bridgehead atoms. The lowest BCUT2D eigenvalue weighted by Gasteiger charge is -2.23. The van der Waals surface area contributed by atoms with Gasteiger partial charge in [-0.1, -0.05) is 47.1 Å². The fourth-order valence-electron chi connectivity index (χ4n) is 2.60. The molecule has 0 saturated heterocycles. The Morgan fingerprint density at radius 3 is 2.44 bits per heavy atom. The van der Waals surface area contributed by atoms with Crippen LogP contribution in [0.4, 0.5) is 0 Å². The van der Waals surface area contributed by atoms with E-state index in [2.05, 4.69) is 58.0 Å². The molecule has 84 valence electrons. The van der Waals surface area contributed by atoms with Crippen LogP contribution in [-0.2, 0) is 0 Å². The van der Waals surface area contributed by atoms with E-state index in [9.17, 15) is 0 Å². The Balaban J connectivity index is 2.36. The van der Waals surface area contributed by atoms with E-state index in [1.54, 1.807) is 0 Å². The topological polar surface area (TPSA) is 0 Å². The van der Waals surface area contributed by atoms with Crippen LogP contribution in [0.1, 0.15) is 42.9 Å². The standard InChI is InChI=1S/C16H20/c1-11-5-7-15(13(3)9-11)16-8-6-12(2)10-14(16)4/h5-7,9-10,16H,8H2,1-4H3. The third-order valence-electron chi connectivity index (χ3n) is 3.48. The summed E-state index contributed by atoms with van der Waals surface area (Å²) in [6.07, 6.45) is 5.81. The maximum absolute atomic E-state index is 2.34. The first-order valence-electron chi connectivity index (χ1n) is 6.00. The Kier molecular flexibility index (Phi) is 3.00. The number of aryl methyl sites for hydroxylation is 2. The summed E-state index contributed by atoms with van der Waals surface area (Å²) in [4.78, 5) is 0. The predicted octanol–water partition coefficient (Wildman–Crippen LogP) is 4.68. The van der Waals surface area contributed by atoms with Gasteiger partial charge in [0.25, 0.3) is 0 Å². The molecule has 1 atom stereocenters. The number of rotatable bonds is 1. The lowest BCUT2D eigenvalue weighted by Crippen LogP contribution is -2.05. The SMILES string of the molecule is CC1=CCC(c2ccc(C)cc2C)C(C)=C1. The van der Waals surface area contributed by atoms with E-state index in [1.165, 1.54) is 27.8 Å². The first-order chi connectivity index (χ1) is 7.58. The van der Waals surface area contributed by atoms with Gasteiger partial charge in [0.05, 0.1) is 0 Å². The molecule has 0 saturated carbocycles. The first kappa shape index (κ1) is 11.2. The van der Waals surface area contributed by atoms with Crippen LogP contribution < -0.4 is 0 Å². The molecule has 0 N–H and O–H groups in total. The van der Waals surface area contributed by atoms with Gasteiger partial charge in [0.2, 0.25) is 0 Å². The molecule has 2 rings (SSSR count). The third kappa shape index (κ3) is 2.11. The molecule has 1 aromatic carbocycles. The van der Waals surface area contributed by atoms with Gasteiger partial charge in [-0.15, -0.1) is 0 Å². The van der Waals surface area contributed by atoms with Crippen LogP contribution in [-0.4, -0.2) is 0 Å². The largest absolute Gasteiger partial charge is 0.0807 e. The number of allylic oxidation sites excluding steroid dienone is 4. The summed E-state index contributed by atoms with van der Waals surface area (Å²) < 4.78 is 0. The Morgan fingerprint density at radius 1 is 1.06 bits per heavy atom. The van der Waals surface area contributed by atoms with Crippen molar-refractivity contribution in [2.45, 2.75) is 40.0 Å². The summed E-state index contributed by atoms with van der Waals surface area (Å²) >= 11 is 0. The van der Waals surface area contributed by atoms with Gasteiger partial charge >= 0.3 is 0 Å². The Hall–Kier alpha value is -1.30. The van der Waals surface area contributed by atoms with Crippen LogP contribution in [0.5, 0.6) is 0 Å². The minimum absolute atomic E-state index is 0.587. The monoisotopic (exact) mass is 212 g/mol. The van der Waals surface area contributed by atoms with Gasteiger partial charge in [-0.05, 0) is 45.2 Å². The summed E-state index contributed by atoms with van der Waals surface area (Å²) in [5, 5.41) is 0. The maximum atomic E-state index is 2.34. The second-order valence-corrected chi connectivity index (χ2v) is 4.98. The van der Waals surface area contributed by atoms with Crippen molar-refractivity contribution < 1.29 is 0 Å². The predicted molar refractivity (Wildman–Crippen MR) is 70.8 cm³/mol. The van der Waals surface area contributed by atoms with E-state index >= 15 is 0 Å². The lowest BCUT2D eigenvalue weighted by atomic mass is 9.82. The van der Waals surface area contributed by atoms with E-state index in [0.717, 1.165) is 6.42 Å². The molecule has 0 heteroatoms. The molecule has 0 nitrogen and oxygen atoms in total. The molecule has 1 aliphatic rings. The zero-order valence-corrected chi connectivity index (χ0v) is 10.7. The minimum Gasteiger partial charge on any atom is -0.0807 e. The van der Waals surface area contributed by atoms with Crippen LogP contribution in [0, 0.1) is 13.8 Å². The quantitative estimate of drug-likeness (QED) is 0.634. The van der Waals surface area contributed by atoms with Gasteiger partial charge in [0.15, 0.2) is 0 Å². The molecule has 1 unspecified atom stereocenters. The molecule has 0 aromatic heterocycles. The minimum atomic E-state index is 0.587. The molecule has 1 aliphatic carbocycles. The molecule has 0 heterocycles. The van der Waals surface area contributed by atoms with Crippen LogP contribution >= 0.6 is 0 Å². The highest BCUT2D eigenvalue weighted by Crippen LogP contribution is 2.34. The van der Waals surface area contributed by atoms with E-state index < -0.39 is 0 Å². The fourth-order valence-corrected chi connectivity index (χ4v) is 2.60. The zero-order valence-electron chi connectivity index (χ0n) is 10.7. The van der Waals surface area contributed by atoms with Crippen molar-refractivity contribution in [1.29, 1.82) is 0 Å². The van der Waals surface area contributed by atoms with Gasteiger partial charge in [0.1, 0.15) is 0 Å². The van der Waals surface area contributed by atoms with Crippen LogP contribution in [0.2, 0.25) is 0 Å². The van der Waals surface area contributed by atoms with Gasteiger partial charge in [0, 0.05) is 5.92 Å². The molecule has 0 amide bonds. The van der Waals surface area contributed by atoms with Crippen molar-refractivity contribution >= 4 is 0 Å². The Labute approximate surface area is 98.7 Å². The summed E-state index contributed by atoms with van der Waals surface area (Å²) in [5.41, 5.74) is 7.16. The molecular formula is C16H20. The molecule has 0 spiro atoms. The molecule has 1 aromatic rings. The molecule has 0 radical (unpaired) electrons. The number of hydrogen-bond acceptors (Lipinski definition) is 0. The van der Waals surface area contributed by atoms with Crippen molar-refractivity contribution in [3.63, 3.8) is 0 Å². The highest BCUT2D eigenvalue weighted by Gasteiger charge is 2.17. The van der Waals surface area contributed by atoms with E-state index in [4.69, 9.17) is 0 Å². The third-order valence-corrected chi connectivity index (χ3v) is 3.48. The van der Waals surface area contributed by atoms with Gasteiger partial charge in [-0.3, -0.25) is 0 Å². The van der Waals surface area contributed by atoms with Crippen molar-refractivity contribution in [1.82, 2.24) is 0 Å². The van der Waals surface area contributed by atoms with Crippen LogP contribution in [0.25, 0.3) is 0 Å². The summed E-state index contributed by atoms with van der Waals surface area (Å²) in [5.74, 6) is 0.587. The molecular weight excluding hydrogens is 192 g/mol. The van der Waals surface area contributed by atoms with Crippen molar-refractivity contribution in [3.8, 4) is 0 Å². The lowest BCUT2D eigenvalue weighted by molar-refractivity contribution is 0.782. The van der Waals surface area contributed by atoms with Gasteiger partial charge < -0.3 is 0 Å². The Bertz CT molecular complexity index is 461. The van der Waals surface area contributed by atoms with E-state index in [0.29, 0.717) is 5.92 Å². The van der Waals surface area contributed by atoms with Gasteiger partial charge in [-0.2, -0.15) is 0 Å². The van der Waals surface area contributed by atoms with Gasteiger partial charge in [-0.25, -0.2) is 0 Å². The highest BCUT2D eigenvalue weighted by atomic mass is 14.2. The van der Waals surface area contributed by atoms with Crippen LogP contribution in [0.15, 0.2) is 41.5 Å². The average molecular weight is 212 g/mol. The number of benzene rings is 1. The van der Waals surface area contributed by atoms with Crippen molar-refractivity contribution in [3.05, 3.63) is 58.2 Å². The van der Waals surface area contributed by atoms with Crippen LogP contribution in [0.3, 0.4) is 0 Å². The summed E-state index contributed by atoms with van der Waals surface area (Å²) in [6, 6.07) is 6.80. The second-order valence-electron chi connectivity index (χ2n) is 4.98. The van der Waals surface area contributed by atoms with Crippen molar-refractivity contribution in [2.75, 3.05) is 0 Å². The summed E-state index contributed by atoms with van der Waals surface area (Å²) in [6.45, 7) is 8.81. The number of hydrogen-bond donors (Lipinski definition) is 0. The van der Waals surface area contributed by atoms with Crippen molar-refractivity contribution in [2.24, 2.45) is 0 Å². The average Bonchev–Trinajstić information content (AvgIpc) is 2.19. The first-order valence-corrected chi connectivity index (χ1v) is 6.00. The smallest absolute Gasteiger partial charge is 0.00859 e. The fraction of sp³-hybridized carbons (Fsp3) is 0.375. The Morgan fingerprint density at radius 2 is 1.81 bits per heavy atom. The van der Waals surface area contributed by atoms with E-state index in [-0.39, 0.29) is 0 Å². The normalized spacial score (nSPS) is 20.4. The molecule has 16 heavy (non-hydrogen) atoms. The maximum Gasteiger partial charge on any atom is 0.00859 e. The van der Waals surface area contributed by atoms with E-state index in [1.807, 2.05) is 0 Å².